The lowest BCUT2D eigenvalue weighted by molar-refractivity contribution is 0.0378. The molecule has 1 heterocycles. The number of nitrogens with zero attached hydrogens (tertiary/aromatic N) is 2. The van der Waals surface area contributed by atoms with Gasteiger partial charge in [-0.3, -0.25) is 5.01 Å². The number of para-hydroxylation sites is 1. The number of benzene rings is 3. The van der Waals surface area contributed by atoms with Crippen molar-refractivity contribution in [1.82, 2.24) is 0 Å². The monoisotopic (exact) mass is 438 g/mol. The zero-order chi connectivity index (χ0) is 23.0. The van der Waals surface area contributed by atoms with Crippen LogP contribution in [0.3, 0.4) is 0 Å². The highest BCUT2D eigenvalue weighted by molar-refractivity contribution is 5.90. The van der Waals surface area contributed by atoms with Crippen LogP contribution in [0.4, 0.5) is 5.69 Å². The Morgan fingerprint density at radius 2 is 1.58 bits per heavy atom. The van der Waals surface area contributed by atoms with E-state index in [0.29, 0.717) is 23.6 Å². The molecule has 0 bridgehead atoms. The van der Waals surface area contributed by atoms with Crippen LogP contribution in [0.1, 0.15) is 35.5 Å². The molecule has 4 aromatic rings. The van der Waals surface area contributed by atoms with E-state index in [0.717, 1.165) is 16.8 Å². The second-order valence-corrected chi connectivity index (χ2v) is 7.86. The standard InChI is InChI=1S/C28H26N2O3/c1-21(2)32-28(31)24-15-13-23(14-16-24)27-18-17-26(33-27)19-29-30(25-11-7-4-8-12-25)20-22-9-5-3-6-10-22/h3-19,21H,20H2,1-2H3. The van der Waals surface area contributed by atoms with Crippen molar-refractivity contribution in [3.63, 3.8) is 0 Å². The van der Waals surface area contributed by atoms with Crippen LogP contribution in [0, 0.1) is 0 Å². The Hall–Kier alpha value is -4.12. The van der Waals surface area contributed by atoms with Gasteiger partial charge in [0.25, 0.3) is 0 Å². The van der Waals surface area contributed by atoms with Crippen molar-refractivity contribution in [3.05, 3.63) is 114 Å². The van der Waals surface area contributed by atoms with Crippen molar-refractivity contribution in [2.75, 3.05) is 5.01 Å². The Bertz CT molecular complexity index is 1200. The van der Waals surface area contributed by atoms with Gasteiger partial charge in [-0.25, -0.2) is 4.79 Å². The van der Waals surface area contributed by atoms with Gasteiger partial charge in [-0.05, 0) is 55.8 Å². The highest BCUT2D eigenvalue weighted by Crippen LogP contribution is 2.23. The number of anilines is 1. The van der Waals surface area contributed by atoms with E-state index in [1.807, 2.05) is 91.7 Å². The number of hydrogen-bond donors (Lipinski definition) is 0. The van der Waals surface area contributed by atoms with Crippen LogP contribution >= 0.6 is 0 Å². The molecule has 5 heteroatoms. The molecule has 0 aliphatic carbocycles. The van der Waals surface area contributed by atoms with Gasteiger partial charge in [0.05, 0.1) is 30.1 Å². The van der Waals surface area contributed by atoms with Crippen molar-refractivity contribution in [3.8, 4) is 11.3 Å². The van der Waals surface area contributed by atoms with Crippen molar-refractivity contribution in [1.29, 1.82) is 0 Å². The maximum Gasteiger partial charge on any atom is 0.338 e. The minimum atomic E-state index is -0.330. The molecule has 0 aliphatic rings. The van der Waals surface area contributed by atoms with Gasteiger partial charge in [0.1, 0.15) is 11.5 Å². The first-order valence-corrected chi connectivity index (χ1v) is 10.9. The first-order chi connectivity index (χ1) is 16.1. The molecule has 0 unspecified atom stereocenters. The molecule has 0 fully saturated rings. The van der Waals surface area contributed by atoms with E-state index in [2.05, 4.69) is 17.2 Å². The summed E-state index contributed by atoms with van der Waals surface area (Å²) in [6.07, 6.45) is 1.56. The molecule has 0 saturated carbocycles. The predicted molar refractivity (Wildman–Crippen MR) is 131 cm³/mol. The van der Waals surface area contributed by atoms with Gasteiger partial charge < -0.3 is 9.15 Å². The third-order valence-electron chi connectivity index (χ3n) is 4.93. The highest BCUT2D eigenvalue weighted by atomic mass is 16.5. The second kappa shape index (κ2) is 10.5. The zero-order valence-corrected chi connectivity index (χ0v) is 18.7. The van der Waals surface area contributed by atoms with Crippen molar-refractivity contribution in [2.24, 2.45) is 5.10 Å². The van der Waals surface area contributed by atoms with Crippen LogP contribution in [-0.4, -0.2) is 18.3 Å². The van der Waals surface area contributed by atoms with Crippen molar-refractivity contribution >= 4 is 17.9 Å². The maximum atomic E-state index is 12.0. The van der Waals surface area contributed by atoms with E-state index in [4.69, 9.17) is 9.15 Å². The van der Waals surface area contributed by atoms with Gasteiger partial charge in [-0.2, -0.15) is 5.10 Å². The molecule has 0 spiro atoms. The maximum absolute atomic E-state index is 12.0. The number of carbonyl (C=O) groups excluding carboxylic acids is 1. The highest BCUT2D eigenvalue weighted by Gasteiger charge is 2.11. The summed E-state index contributed by atoms with van der Waals surface area (Å²) >= 11 is 0. The van der Waals surface area contributed by atoms with Gasteiger partial charge in [0.2, 0.25) is 0 Å². The van der Waals surface area contributed by atoms with Crippen molar-refractivity contribution in [2.45, 2.75) is 26.5 Å². The Morgan fingerprint density at radius 1 is 0.909 bits per heavy atom. The molecule has 4 rings (SSSR count). The summed E-state index contributed by atoms with van der Waals surface area (Å²) in [5.74, 6) is 1.01. The summed E-state index contributed by atoms with van der Waals surface area (Å²) in [4.78, 5) is 12.0. The van der Waals surface area contributed by atoms with E-state index in [1.165, 1.54) is 0 Å². The van der Waals surface area contributed by atoms with Crippen LogP contribution in [0.5, 0.6) is 0 Å². The summed E-state index contributed by atoms with van der Waals surface area (Å²) in [5, 5.41) is 6.62. The Morgan fingerprint density at radius 3 is 2.24 bits per heavy atom. The molecule has 0 aliphatic heterocycles. The SMILES string of the molecule is CC(C)OC(=O)c1ccc(-c2ccc(C=NN(Cc3ccccc3)c3ccccc3)o2)cc1. The van der Waals surface area contributed by atoms with Crippen LogP contribution in [0.2, 0.25) is 0 Å². The average Bonchev–Trinajstić information content (AvgIpc) is 3.32. The predicted octanol–water partition coefficient (Wildman–Crippen LogP) is 6.55. The molecular formula is C28H26N2O3. The average molecular weight is 439 g/mol. The lowest BCUT2D eigenvalue weighted by Gasteiger charge is -2.19. The summed E-state index contributed by atoms with van der Waals surface area (Å²) in [7, 11) is 0. The topological polar surface area (TPSA) is 55.0 Å². The number of furan rings is 1. The molecule has 0 saturated heterocycles. The molecule has 33 heavy (non-hydrogen) atoms. The van der Waals surface area contributed by atoms with E-state index in [-0.39, 0.29) is 12.1 Å². The van der Waals surface area contributed by atoms with E-state index in [1.54, 1.807) is 18.3 Å². The molecule has 166 valence electrons. The first kappa shape index (κ1) is 22.1. The van der Waals surface area contributed by atoms with Gasteiger partial charge in [0, 0.05) is 5.56 Å². The fraction of sp³-hybridized carbons (Fsp3) is 0.143. The molecule has 0 atom stereocenters. The lowest BCUT2D eigenvalue weighted by Crippen LogP contribution is -2.15. The molecule has 5 nitrogen and oxygen atoms in total. The van der Waals surface area contributed by atoms with E-state index >= 15 is 0 Å². The number of hydrazone groups is 1. The van der Waals surface area contributed by atoms with Crippen LogP contribution in [0.15, 0.2) is 107 Å². The fourth-order valence-electron chi connectivity index (χ4n) is 3.31. The minimum absolute atomic E-state index is 0.151. The first-order valence-electron chi connectivity index (χ1n) is 10.9. The molecule has 0 radical (unpaired) electrons. The van der Waals surface area contributed by atoms with Crippen LogP contribution in [-0.2, 0) is 11.3 Å². The zero-order valence-electron chi connectivity index (χ0n) is 18.7. The van der Waals surface area contributed by atoms with Crippen molar-refractivity contribution < 1.29 is 13.9 Å². The second-order valence-electron chi connectivity index (χ2n) is 7.86. The number of hydrogen-bond acceptors (Lipinski definition) is 5. The number of esters is 1. The molecule has 0 amide bonds. The van der Waals surface area contributed by atoms with Gasteiger partial charge in [-0.15, -0.1) is 0 Å². The van der Waals surface area contributed by atoms with Gasteiger partial charge >= 0.3 is 5.97 Å². The summed E-state index contributed by atoms with van der Waals surface area (Å²) in [5.41, 5.74) is 3.54. The number of rotatable bonds is 8. The minimum Gasteiger partial charge on any atom is -0.459 e. The quantitative estimate of drug-likeness (QED) is 0.178. The molecule has 3 aromatic carbocycles. The largest absolute Gasteiger partial charge is 0.459 e. The summed E-state index contributed by atoms with van der Waals surface area (Å²) in [6.45, 7) is 4.30. The fourth-order valence-corrected chi connectivity index (χ4v) is 3.31. The van der Waals surface area contributed by atoms with Crippen LogP contribution < -0.4 is 5.01 Å². The third kappa shape index (κ3) is 5.98. The summed E-state index contributed by atoms with van der Waals surface area (Å²) in [6, 6.07) is 31.2. The Balaban J connectivity index is 1.50. The van der Waals surface area contributed by atoms with E-state index in [9.17, 15) is 4.79 Å². The Labute approximate surface area is 193 Å². The lowest BCUT2D eigenvalue weighted by atomic mass is 10.1. The van der Waals surface area contributed by atoms with Gasteiger partial charge in [-0.1, -0.05) is 60.7 Å². The number of ether oxygens (including phenoxy) is 1. The molecule has 0 N–H and O–H groups in total. The molecular weight excluding hydrogens is 412 g/mol. The third-order valence-corrected chi connectivity index (χ3v) is 4.93. The summed E-state index contributed by atoms with van der Waals surface area (Å²) < 4.78 is 11.2. The van der Waals surface area contributed by atoms with E-state index < -0.39 is 0 Å². The molecule has 1 aromatic heterocycles. The van der Waals surface area contributed by atoms with Gasteiger partial charge in [0.15, 0.2) is 0 Å². The normalized spacial score (nSPS) is 11.1. The smallest absolute Gasteiger partial charge is 0.338 e. The number of carbonyl (C=O) groups is 1. The van der Waals surface area contributed by atoms with Crippen LogP contribution in [0.25, 0.3) is 11.3 Å². The Kier molecular flexibility index (Phi) is 7.00.